The molecule has 1 saturated heterocycles. The van der Waals surface area contributed by atoms with Crippen LogP contribution in [0.15, 0.2) is 24.3 Å². The van der Waals surface area contributed by atoms with Crippen LogP contribution in [0.3, 0.4) is 0 Å². The Kier molecular flexibility index (Phi) is 7.19. The van der Waals surface area contributed by atoms with Gasteiger partial charge in [0, 0.05) is 49.2 Å². The molecule has 0 saturated carbocycles. The molecule has 1 N–H and O–H groups in total. The Morgan fingerprint density at radius 3 is 2.43 bits per heavy atom. The molecule has 162 valence electrons. The molecule has 0 atom stereocenters. The first-order valence-corrected chi connectivity index (χ1v) is 11.0. The third-order valence-electron chi connectivity index (χ3n) is 5.22. The molecule has 0 radical (unpaired) electrons. The molecule has 1 aromatic carbocycles. The molecule has 2 amide bonds. The van der Waals surface area contributed by atoms with Gasteiger partial charge in [0.05, 0.1) is 5.69 Å². The molecular weight excluding hydrogens is 398 g/mol. The number of carbonyl (C=O) groups excluding carboxylic acids is 1. The van der Waals surface area contributed by atoms with Gasteiger partial charge in [0.1, 0.15) is 11.6 Å². The summed E-state index contributed by atoms with van der Waals surface area (Å²) in [6.07, 6.45) is 0.734. The van der Waals surface area contributed by atoms with Crippen LogP contribution in [0.4, 0.5) is 10.6 Å². The zero-order valence-electron chi connectivity index (χ0n) is 18.6. The summed E-state index contributed by atoms with van der Waals surface area (Å²) < 4.78 is 0. The van der Waals surface area contributed by atoms with E-state index < -0.39 is 0 Å². The number of anilines is 1. The molecule has 0 aliphatic carbocycles. The van der Waals surface area contributed by atoms with Gasteiger partial charge in [-0.25, -0.2) is 14.8 Å². The summed E-state index contributed by atoms with van der Waals surface area (Å²) in [5.41, 5.74) is 3.38. The van der Waals surface area contributed by atoms with E-state index in [-0.39, 0.29) is 18.0 Å². The van der Waals surface area contributed by atoms with Crippen LogP contribution >= 0.6 is 11.6 Å². The lowest BCUT2D eigenvalue weighted by Crippen LogP contribution is -2.53. The Morgan fingerprint density at radius 1 is 1.13 bits per heavy atom. The molecule has 0 bridgehead atoms. The van der Waals surface area contributed by atoms with E-state index in [1.807, 2.05) is 43.9 Å². The normalized spacial score (nSPS) is 14.5. The Hall–Kier alpha value is -2.34. The number of carbonyl (C=O) groups is 1. The van der Waals surface area contributed by atoms with E-state index in [1.54, 1.807) is 0 Å². The van der Waals surface area contributed by atoms with Crippen LogP contribution < -0.4 is 10.2 Å². The number of nitrogens with zero attached hydrogens (tertiary/aromatic N) is 4. The van der Waals surface area contributed by atoms with E-state index in [2.05, 4.69) is 30.1 Å². The molecule has 1 aliphatic heterocycles. The highest BCUT2D eigenvalue weighted by atomic mass is 35.5. The number of benzene rings is 1. The first kappa shape index (κ1) is 22.3. The SMILES string of the molecule is Cc1nc(C(C)C)c(Cc2cccc(Cl)c2)c(N2CCN(C(=O)NC(C)C)CC2)n1. The molecule has 6 nitrogen and oxygen atoms in total. The number of rotatable bonds is 5. The number of hydrogen-bond acceptors (Lipinski definition) is 4. The highest BCUT2D eigenvalue weighted by Crippen LogP contribution is 2.30. The number of aromatic nitrogens is 2. The van der Waals surface area contributed by atoms with Crippen LogP contribution in [0, 0.1) is 6.92 Å². The van der Waals surface area contributed by atoms with Gasteiger partial charge in [0.2, 0.25) is 0 Å². The number of piperazine rings is 1. The fourth-order valence-corrected chi connectivity index (χ4v) is 4.03. The molecule has 1 fully saturated rings. The van der Waals surface area contributed by atoms with E-state index in [0.29, 0.717) is 13.1 Å². The molecule has 0 unspecified atom stereocenters. The first-order valence-electron chi connectivity index (χ1n) is 10.7. The van der Waals surface area contributed by atoms with Crippen molar-refractivity contribution in [2.45, 2.75) is 53.0 Å². The second kappa shape index (κ2) is 9.65. The Bertz CT molecular complexity index is 891. The summed E-state index contributed by atoms with van der Waals surface area (Å²) in [5, 5.41) is 3.71. The van der Waals surface area contributed by atoms with E-state index in [9.17, 15) is 4.79 Å². The average Bonchev–Trinajstić information content (AvgIpc) is 2.68. The first-order chi connectivity index (χ1) is 14.2. The Morgan fingerprint density at radius 2 is 1.83 bits per heavy atom. The Labute approximate surface area is 184 Å². The van der Waals surface area contributed by atoms with Crippen LogP contribution in [-0.4, -0.2) is 53.1 Å². The van der Waals surface area contributed by atoms with E-state index in [4.69, 9.17) is 21.6 Å². The van der Waals surface area contributed by atoms with Crippen molar-refractivity contribution in [3.8, 4) is 0 Å². The molecule has 3 rings (SSSR count). The van der Waals surface area contributed by atoms with Crippen LogP contribution in [0.5, 0.6) is 0 Å². The molecule has 1 aliphatic rings. The van der Waals surface area contributed by atoms with Crippen molar-refractivity contribution in [3.05, 3.63) is 51.9 Å². The minimum Gasteiger partial charge on any atom is -0.353 e. The lowest BCUT2D eigenvalue weighted by molar-refractivity contribution is 0.191. The molecule has 7 heteroatoms. The summed E-state index contributed by atoms with van der Waals surface area (Å²) in [5.74, 6) is 2.05. The average molecular weight is 430 g/mol. The van der Waals surface area contributed by atoms with Crippen molar-refractivity contribution in [3.63, 3.8) is 0 Å². The van der Waals surface area contributed by atoms with Gasteiger partial charge in [-0.15, -0.1) is 0 Å². The lowest BCUT2D eigenvalue weighted by atomic mass is 9.97. The molecule has 2 heterocycles. The summed E-state index contributed by atoms with van der Waals surface area (Å²) in [7, 11) is 0. The standard InChI is InChI=1S/C23H32ClN5O/c1-15(2)21-20(14-18-7-6-8-19(24)13-18)22(27-17(5)26-21)28-9-11-29(12-10-28)23(30)25-16(3)4/h6-8,13,15-16H,9-12,14H2,1-5H3,(H,25,30). The lowest BCUT2D eigenvalue weighted by Gasteiger charge is -2.37. The van der Waals surface area contributed by atoms with Crippen LogP contribution in [0.25, 0.3) is 0 Å². The van der Waals surface area contributed by atoms with Gasteiger partial charge in [-0.2, -0.15) is 0 Å². The van der Waals surface area contributed by atoms with Gasteiger partial charge >= 0.3 is 6.03 Å². The summed E-state index contributed by atoms with van der Waals surface area (Å²) in [4.78, 5) is 26.1. The van der Waals surface area contributed by atoms with Gasteiger partial charge in [-0.3, -0.25) is 0 Å². The molecular formula is C23H32ClN5O. The number of aryl methyl sites for hydroxylation is 1. The fraction of sp³-hybridized carbons (Fsp3) is 0.522. The van der Waals surface area contributed by atoms with Crippen LogP contribution in [0.1, 0.15) is 56.3 Å². The molecule has 30 heavy (non-hydrogen) atoms. The van der Waals surface area contributed by atoms with Crippen LogP contribution in [0.2, 0.25) is 5.02 Å². The number of urea groups is 1. The third-order valence-corrected chi connectivity index (χ3v) is 5.46. The second-order valence-corrected chi connectivity index (χ2v) is 8.93. The quantitative estimate of drug-likeness (QED) is 0.765. The van der Waals surface area contributed by atoms with Crippen molar-refractivity contribution in [1.82, 2.24) is 20.2 Å². The highest BCUT2D eigenvalue weighted by Gasteiger charge is 2.26. The predicted octanol–water partition coefficient (Wildman–Crippen LogP) is 4.39. The number of amides is 2. The van der Waals surface area contributed by atoms with Crippen molar-refractivity contribution in [2.24, 2.45) is 0 Å². The minimum absolute atomic E-state index is 0.00513. The zero-order chi connectivity index (χ0) is 21.8. The van der Waals surface area contributed by atoms with Crippen molar-refractivity contribution < 1.29 is 4.79 Å². The molecule has 0 spiro atoms. The third kappa shape index (κ3) is 5.42. The van der Waals surface area contributed by atoms with E-state index in [1.165, 1.54) is 0 Å². The maximum Gasteiger partial charge on any atom is 0.317 e. The predicted molar refractivity (Wildman–Crippen MR) is 123 cm³/mol. The summed E-state index contributed by atoms with van der Waals surface area (Å²) in [6.45, 7) is 13.1. The summed E-state index contributed by atoms with van der Waals surface area (Å²) in [6, 6.07) is 8.11. The largest absolute Gasteiger partial charge is 0.353 e. The van der Waals surface area contributed by atoms with Gasteiger partial charge in [0.25, 0.3) is 0 Å². The number of halogens is 1. The van der Waals surface area contributed by atoms with Crippen LogP contribution in [-0.2, 0) is 6.42 Å². The highest BCUT2D eigenvalue weighted by molar-refractivity contribution is 6.30. The topological polar surface area (TPSA) is 61.4 Å². The monoisotopic (exact) mass is 429 g/mol. The van der Waals surface area contributed by atoms with Crippen molar-refractivity contribution in [2.75, 3.05) is 31.1 Å². The molecule has 1 aromatic heterocycles. The maximum absolute atomic E-state index is 12.3. The van der Waals surface area contributed by atoms with Crippen molar-refractivity contribution in [1.29, 1.82) is 0 Å². The number of nitrogens with one attached hydrogen (secondary N) is 1. The smallest absolute Gasteiger partial charge is 0.317 e. The number of hydrogen-bond donors (Lipinski definition) is 1. The van der Waals surface area contributed by atoms with Gasteiger partial charge < -0.3 is 15.1 Å². The van der Waals surface area contributed by atoms with Crippen molar-refractivity contribution >= 4 is 23.4 Å². The van der Waals surface area contributed by atoms with Gasteiger partial charge in [0.15, 0.2) is 0 Å². The minimum atomic E-state index is 0.00513. The van der Waals surface area contributed by atoms with Gasteiger partial charge in [-0.1, -0.05) is 37.6 Å². The summed E-state index contributed by atoms with van der Waals surface area (Å²) >= 11 is 6.22. The van der Waals surface area contributed by atoms with Gasteiger partial charge in [-0.05, 0) is 44.4 Å². The fourth-order valence-electron chi connectivity index (χ4n) is 3.82. The van der Waals surface area contributed by atoms with E-state index in [0.717, 1.165) is 53.0 Å². The molecule has 2 aromatic rings. The Balaban J connectivity index is 1.88. The second-order valence-electron chi connectivity index (χ2n) is 8.50. The van der Waals surface area contributed by atoms with E-state index >= 15 is 0 Å². The maximum atomic E-state index is 12.3. The zero-order valence-corrected chi connectivity index (χ0v) is 19.3.